The van der Waals surface area contributed by atoms with Gasteiger partial charge in [0.05, 0.1) is 0 Å². The second-order valence-corrected chi connectivity index (χ2v) is 8.32. The summed E-state index contributed by atoms with van der Waals surface area (Å²) in [6.07, 6.45) is -1.66. The van der Waals surface area contributed by atoms with Crippen LogP contribution in [0.2, 0.25) is 0 Å². The highest BCUT2D eigenvalue weighted by Crippen LogP contribution is 2.30. The van der Waals surface area contributed by atoms with E-state index in [-0.39, 0.29) is 5.82 Å². The number of hydrogen-bond acceptors (Lipinski definition) is 5. The number of nitrogens with one attached hydrogen (secondary N) is 1. The molecule has 2 heterocycles. The van der Waals surface area contributed by atoms with Gasteiger partial charge in [-0.1, -0.05) is 42.8 Å². The summed E-state index contributed by atoms with van der Waals surface area (Å²) in [5.41, 5.74) is 1.06. The van der Waals surface area contributed by atoms with Crippen LogP contribution in [0, 0.1) is 0 Å². The lowest BCUT2D eigenvalue weighted by atomic mass is 10.0. The molecule has 0 amide bonds. The Morgan fingerprint density at radius 1 is 1.21 bits per heavy atom. The maximum Gasteiger partial charge on any atom is 0.471 e. The van der Waals surface area contributed by atoms with Crippen molar-refractivity contribution in [2.24, 2.45) is 0 Å². The summed E-state index contributed by atoms with van der Waals surface area (Å²) >= 11 is 0. The van der Waals surface area contributed by atoms with E-state index in [1.165, 1.54) is 4.31 Å². The van der Waals surface area contributed by atoms with E-state index in [1.54, 1.807) is 24.3 Å². The van der Waals surface area contributed by atoms with Crippen LogP contribution in [0.1, 0.15) is 50.1 Å². The second kappa shape index (κ2) is 8.18. The van der Waals surface area contributed by atoms with Crippen LogP contribution in [0.4, 0.5) is 13.2 Å². The van der Waals surface area contributed by atoms with Crippen molar-refractivity contribution in [3.8, 4) is 11.4 Å². The largest absolute Gasteiger partial charge is 0.471 e. The summed E-state index contributed by atoms with van der Waals surface area (Å²) in [7, 11) is -3.59. The zero-order valence-corrected chi connectivity index (χ0v) is 16.1. The number of nitrogens with zero attached hydrogens (tertiary/aromatic N) is 3. The molecule has 1 atom stereocenters. The van der Waals surface area contributed by atoms with Crippen molar-refractivity contribution >= 4 is 10.2 Å². The monoisotopic (exact) mass is 418 g/mol. The molecule has 1 aliphatic rings. The van der Waals surface area contributed by atoms with E-state index in [2.05, 4.69) is 19.4 Å². The molecule has 1 N–H and O–H groups in total. The Labute approximate surface area is 161 Å². The number of aromatic nitrogens is 2. The Morgan fingerprint density at radius 2 is 1.86 bits per heavy atom. The molecule has 1 aromatic carbocycles. The third-order valence-electron chi connectivity index (χ3n) is 4.51. The van der Waals surface area contributed by atoms with Crippen molar-refractivity contribution in [1.82, 2.24) is 19.2 Å². The van der Waals surface area contributed by atoms with E-state index in [1.807, 2.05) is 6.92 Å². The summed E-state index contributed by atoms with van der Waals surface area (Å²) in [6, 6.07) is 5.98. The molecule has 1 fully saturated rings. The molecule has 0 aliphatic carbocycles. The first kappa shape index (κ1) is 20.7. The number of hydrogen-bond donors (Lipinski definition) is 1. The Balaban J connectivity index is 1.78. The Bertz CT molecular complexity index is 891. The molecule has 0 saturated carbocycles. The van der Waals surface area contributed by atoms with E-state index >= 15 is 0 Å². The lowest BCUT2D eigenvalue weighted by molar-refractivity contribution is -0.159. The Kier molecular flexibility index (Phi) is 6.06. The van der Waals surface area contributed by atoms with Crippen LogP contribution in [-0.4, -0.2) is 36.0 Å². The van der Waals surface area contributed by atoms with E-state index in [9.17, 15) is 21.6 Å². The molecular weight excluding hydrogens is 397 g/mol. The van der Waals surface area contributed by atoms with Crippen molar-refractivity contribution in [3.05, 3.63) is 35.7 Å². The average Bonchev–Trinajstić information content (AvgIpc) is 3.33. The number of benzene rings is 1. The molecular formula is C17H21F3N4O3S. The van der Waals surface area contributed by atoms with E-state index in [0.717, 1.165) is 19.3 Å². The third-order valence-corrected chi connectivity index (χ3v) is 6.14. The van der Waals surface area contributed by atoms with Crippen LogP contribution in [0.3, 0.4) is 0 Å². The highest BCUT2D eigenvalue weighted by Gasteiger charge is 2.38. The summed E-state index contributed by atoms with van der Waals surface area (Å²) in [5.74, 6) is -1.59. The molecule has 3 rings (SSSR count). The van der Waals surface area contributed by atoms with Crippen molar-refractivity contribution in [2.75, 3.05) is 13.1 Å². The first-order valence-corrected chi connectivity index (χ1v) is 10.4. The van der Waals surface area contributed by atoms with Gasteiger partial charge < -0.3 is 4.52 Å². The quantitative estimate of drug-likeness (QED) is 0.743. The van der Waals surface area contributed by atoms with Gasteiger partial charge in [0.1, 0.15) is 0 Å². The summed E-state index contributed by atoms with van der Waals surface area (Å²) in [6.45, 7) is 2.96. The van der Waals surface area contributed by atoms with Gasteiger partial charge in [-0.15, -0.1) is 0 Å². The van der Waals surface area contributed by atoms with Gasteiger partial charge in [-0.05, 0) is 24.8 Å². The lowest BCUT2D eigenvalue weighted by Crippen LogP contribution is -2.40. The molecule has 1 saturated heterocycles. The third kappa shape index (κ3) is 4.70. The van der Waals surface area contributed by atoms with Gasteiger partial charge in [-0.3, -0.25) is 0 Å². The highest BCUT2D eigenvalue weighted by atomic mass is 32.2. The van der Waals surface area contributed by atoms with Gasteiger partial charge in [-0.25, -0.2) is 0 Å². The van der Waals surface area contributed by atoms with Crippen LogP contribution in [-0.2, 0) is 16.4 Å². The molecule has 0 spiro atoms. The summed E-state index contributed by atoms with van der Waals surface area (Å²) < 4.78 is 71.3. The molecule has 154 valence electrons. The van der Waals surface area contributed by atoms with E-state index in [0.29, 0.717) is 30.6 Å². The second-order valence-electron chi connectivity index (χ2n) is 6.61. The fourth-order valence-electron chi connectivity index (χ4n) is 3.09. The summed E-state index contributed by atoms with van der Waals surface area (Å²) in [5, 5.41) is 3.35. The minimum Gasteiger partial charge on any atom is -0.329 e. The fraction of sp³-hybridized carbons (Fsp3) is 0.529. The molecule has 0 radical (unpaired) electrons. The van der Waals surface area contributed by atoms with Gasteiger partial charge in [0.25, 0.3) is 10.2 Å². The van der Waals surface area contributed by atoms with Crippen molar-refractivity contribution < 1.29 is 26.1 Å². The van der Waals surface area contributed by atoms with E-state index in [4.69, 9.17) is 0 Å². The number of halogens is 3. The number of rotatable bonds is 7. The minimum atomic E-state index is -4.70. The highest BCUT2D eigenvalue weighted by molar-refractivity contribution is 7.87. The molecule has 7 nitrogen and oxygen atoms in total. The van der Waals surface area contributed by atoms with Crippen LogP contribution in [0.5, 0.6) is 0 Å². The van der Waals surface area contributed by atoms with Gasteiger partial charge in [0.15, 0.2) is 0 Å². The molecule has 11 heteroatoms. The SMILES string of the molecule is CCCC(NS(=O)(=O)N1CCCC1)c1ccc(-c2noc(C(F)(F)F)n2)cc1. The van der Waals surface area contributed by atoms with Gasteiger partial charge in [0, 0.05) is 24.7 Å². The van der Waals surface area contributed by atoms with Crippen molar-refractivity contribution in [1.29, 1.82) is 0 Å². The zero-order valence-electron chi connectivity index (χ0n) is 15.2. The summed E-state index contributed by atoms with van der Waals surface area (Å²) in [4.78, 5) is 3.35. The molecule has 0 bridgehead atoms. The topological polar surface area (TPSA) is 88.3 Å². The first-order chi connectivity index (χ1) is 13.2. The molecule has 28 heavy (non-hydrogen) atoms. The van der Waals surface area contributed by atoms with Crippen LogP contribution >= 0.6 is 0 Å². The van der Waals surface area contributed by atoms with Crippen LogP contribution < -0.4 is 4.72 Å². The maximum absolute atomic E-state index is 12.6. The smallest absolute Gasteiger partial charge is 0.329 e. The van der Waals surface area contributed by atoms with Gasteiger partial charge in [-0.2, -0.15) is 35.6 Å². The molecule has 1 unspecified atom stereocenters. The van der Waals surface area contributed by atoms with Crippen LogP contribution in [0.25, 0.3) is 11.4 Å². The van der Waals surface area contributed by atoms with Gasteiger partial charge >= 0.3 is 12.1 Å². The van der Waals surface area contributed by atoms with E-state index < -0.39 is 28.3 Å². The normalized spacial score (nSPS) is 17.1. The Morgan fingerprint density at radius 3 is 2.39 bits per heavy atom. The number of alkyl halides is 3. The zero-order chi connectivity index (χ0) is 20.4. The van der Waals surface area contributed by atoms with Crippen LogP contribution in [0.15, 0.2) is 28.8 Å². The minimum absolute atomic E-state index is 0.177. The predicted octanol–water partition coefficient (Wildman–Crippen LogP) is 3.53. The first-order valence-electron chi connectivity index (χ1n) is 8.99. The lowest BCUT2D eigenvalue weighted by Gasteiger charge is -2.23. The Hall–Kier alpha value is -1.98. The van der Waals surface area contributed by atoms with Gasteiger partial charge in [0.2, 0.25) is 5.82 Å². The van der Waals surface area contributed by atoms with Crippen molar-refractivity contribution in [3.63, 3.8) is 0 Å². The fourth-order valence-corrected chi connectivity index (χ4v) is 4.59. The predicted molar refractivity (Wildman–Crippen MR) is 95.2 cm³/mol. The average molecular weight is 418 g/mol. The molecule has 1 aromatic heterocycles. The molecule has 1 aliphatic heterocycles. The standard InChI is InChI=1S/C17H21F3N4O3S/c1-2-5-14(23-28(25,26)24-10-3-4-11-24)12-6-8-13(9-7-12)15-21-16(27-22-15)17(18,19)20/h6-9,14,23H,2-5,10-11H2,1H3. The maximum atomic E-state index is 12.6. The molecule has 2 aromatic rings. The van der Waals surface area contributed by atoms with Crippen molar-refractivity contribution in [2.45, 2.75) is 44.8 Å².